The molecule has 0 bridgehead atoms. The van der Waals surface area contributed by atoms with Gasteiger partial charge in [-0.25, -0.2) is 22.0 Å². The average molecular weight is 344 g/mol. The molecule has 124 valence electrons. The Hall–Kier alpha value is -2.42. The average Bonchev–Trinajstić information content (AvgIpc) is 2.77. The molecule has 0 fully saturated rings. The lowest BCUT2D eigenvalue weighted by Gasteiger charge is -2.17. The highest BCUT2D eigenvalue weighted by molar-refractivity contribution is 6.47. The minimum atomic E-state index is -2.24. The molecule has 0 aromatic heterocycles. The third kappa shape index (κ3) is 2.54. The van der Waals surface area contributed by atoms with Gasteiger partial charge in [0, 0.05) is 12.1 Å². The van der Waals surface area contributed by atoms with Crippen molar-refractivity contribution in [2.45, 2.75) is 5.82 Å². The molecule has 0 saturated heterocycles. The number of halogens is 6. The monoisotopic (exact) mass is 344 g/mol. The molecule has 3 rings (SSSR count). The van der Waals surface area contributed by atoms with Gasteiger partial charge in [0.1, 0.15) is 23.2 Å². The molecule has 1 aliphatic carbocycles. The second kappa shape index (κ2) is 5.90. The third-order valence-electron chi connectivity index (χ3n) is 3.58. The van der Waals surface area contributed by atoms with Crippen LogP contribution in [0.2, 0.25) is 0 Å². The predicted molar refractivity (Wildman–Crippen MR) is 73.2 cm³/mol. The summed E-state index contributed by atoms with van der Waals surface area (Å²) < 4.78 is 85.9. The molecule has 1 aliphatic rings. The van der Waals surface area contributed by atoms with Crippen molar-refractivity contribution in [3.63, 3.8) is 0 Å². The van der Waals surface area contributed by atoms with Gasteiger partial charge < -0.3 is 9.68 Å². The van der Waals surface area contributed by atoms with E-state index in [2.05, 4.69) is 4.65 Å². The van der Waals surface area contributed by atoms with E-state index < -0.39 is 59.2 Å². The van der Waals surface area contributed by atoms with Crippen molar-refractivity contribution < 1.29 is 36.0 Å². The van der Waals surface area contributed by atoms with Crippen LogP contribution in [0.15, 0.2) is 36.2 Å². The van der Waals surface area contributed by atoms with Gasteiger partial charge in [0.15, 0.2) is 17.5 Å². The zero-order valence-corrected chi connectivity index (χ0v) is 11.7. The Morgan fingerprint density at radius 2 is 1.67 bits per heavy atom. The van der Waals surface area contributed by atoms with Crippen LogP contribution >= 0.6 is 0 Å². The Bertz CT molecular complexity index is 854. The van der Waals surface area contributed by atoms with Crippen molar-refractivity contribution in [2.24, 2.45) is 0 Å². The maximum atomic E-state index is 14.0. The van der Waals surface area contributed by atoms with Crippen molar-refractivity contribution in [1.82, 2.24) is 0 Å². The van der Waals surface area contributed by atoms with E-state index in [1.807, 2.05) is 0 Å². The summed E-state index contributed by atoms with van der Waals surface area (Å²) in [4.78, 5) is 0. The lowest BCUT2D eigenvalue weighted by Crippen LogP contribution is -2.31. The highest BCUT2D eigenvalue weighted by Gasteiger charge is 2.44. The molecule has 9 heteroatoms. The predicted octanol–water partition coefficient (Wildman–Crippen LogP) is 4.05. The minimum Gasteiger partial charge on any atom is -0.533 e. The third-order valence-corrected chi connectivity index (χ3v) is 3.58. The molecule has 24 heavy (non-hydrogen) atoms. The zero-order valence-electron chi connectivity index (χ0n) is 11.7. The van der Waals surface area contributed by atoms with Crippen LogP contribution in [0, 0.1) is 23.3 Å². The molecule has 0 spiro atoms. The van der Waals surface area contributed by atoms with Gasteiger partial charge in [0.2, 0.25) is 0 Å². The number of fused-ring (bicyclic) bond motifs is 1. The summed E-state index contributed by atoms with van der Waals surface area (Å²) in [6, 6.07) is 3.87. The summed E-state index contributed by atoms with van der Waals surface area (Å²) in [5.41, 5.74) is -0.955. The fourth-order valence-electron chi connectivity index (χ4n) is 2.52. The van der Waals surface area contributed by atoms with Gasteiger partial charge in [0.05, 0.1) is 11.4 Å². The van der Waals surface area contributed by atoms with Crippen molar-refractivity contribution in [3.05, 3.63) is 70.6 Å². The van der Waals surface area contributed by atoms with Crippen LogP contribution in [0.4, 0.5) is 26.3 Å². The van der Waals surface area contributed by atoms with E-state index in [0.29, 0.717) is 6.07 Å². The van der Waals surface area contributed by atoms with Crippen LogP contribution in [0.1, 0.15) is 16.9 Å². The van der Waals surface area contributed by atoms with Gasteiger partial charge in [-0.2, -0.15) is 4.39 Å². The summed E-state index contributed by atoms with van der Waals surface area (Å²) in [6.07, 6.45) is 0. The molecular formula is C15H7BF6O2. The lowest BCUT2D eigenvalue weighted by atomic mass is 9.69. The van der Waals surface area contributed by atoms with Crippen LogP contribution in [0.3, 0.4) is 0 Å². The molecule has 2 aromatic rings. The molecule has 2 nitrogen and oxygen atoms in total. The Morgan fingerprint density at radius 1 is 0.958 bits per heavy atom. The Balaban J connectivity index is 1.98. The smallest absolute Gasteiger partial charge is 0.533 e. The van der Waals surface area contributed by atoms with E-state index in [1.165, 1.54) is 0 Å². The fraction of sp³-hybridized carbons (Fsp3) is 0.0667. The van der Waals surface area contributed by atoms with E-state index in [1.54, 1.807) is 0 Å². The SMILES string of the molecule is OB(Oc1cc(F)cc(F)c1F)C1C(F)=C(F)c2c(F)cccc21. The van der Waals surface area contributed by atoms with Gasteiger partial charge in [-0.1, -0.05) is 12.1 Å². The molecule has 0 amide bonds. The molecule has 1 unspecified atom stereocenters. The van der Waals surface area contributed by atoms with Gasteiger partial charge >= 0.3 is 7.12 Å². The summed E-state index contributed by atoms with van der Waals surface area (Å²) >= 11 is 0. The fourth-order valence-corrected chi connectivity index (χ4v) is 2.52. The maximum absolute atomic E-state index is 14.0. The maximum Gasteiger partial charge on any atom is 0.537 e. The van der Waals surface area contributed by atoms with Crippen molar-refractivity contribution in [1.29, 1.82) is 0 Å². The number of rotatable bonds is 3. The zero-order chi connectivity index (χ0) is 17.6. The highest BCUT2D eigenvalue weighted by Crippen LogP contribution is 2.45. The van der Waals surface area contributed by atoms with E-state index in [-0.39, 0.29) is 11.6 Å². The molecule has 0 radical (unpaired) electrons. The minimum absolute atomic E-state index is 0.245. The van der Waals surface area contributed by atoms with Gasteiger partial charge in [-0.05, 0) is 11.6 Å². The number of hydrogen-bond acceptors (Lipinski definition) is 2. The van der Waals surface area contributed by atoms with E-state index in [4.69, 9.17) is 0 Å². The lowest BCUT2D eigenvalue weighted by molar-refractivity contribution is 0.368. The highest BCUT2D eigenvalue weighted by atomic mass is 19.2. The first-order chi connectivity index (χ1) is 11.3. The largest absolute Gasteiger partial charge is 0.537 e. The van der Waals surface area contributed by atoms with Gasteiger partial charge in [-0.3, -0.25) is 0 Å². The van der Waals surface area contributed by atoms with Crippen LogP contribution < -0.4 is 4.65 Å². The van der Waals surface area contributed by atoms with Gasteiger partial charge in [-0.15, -0.1) is 0 Å². The number of hydrogen-bond donors (Lipinski definition) is 1. The first kappa shape index (κ1) is 16.4. The summed E-state index contributed by atoms with van der Waals surface area (Å²) in [6.45, 7) is 0. The topological polar surface area (TPSA) is 29.5 Å². The summed E-state index contributed by atoms with van der Waals surface area (Å²) in [5, 5.41) is 9.94. The van der Waals surface area contributed by atoms with Crippen LogP contribution in [0.5, 0.6) is 5.75 Å². The van der Waals surface area contributed by atoms with E-state index in [9.17, 15) is 31.4 Å². The number of allylic oxidation sites excluding steroid dienone is 1. The second-order valence-electron chi connectivity index (χ2n) is 5.05. The Kier molecular flexibility index (Phi) is 4.04. The normalized spacial score (nSPS) is 16.4. The molecule has 1 N–H and O–H groups in total. The van der Waals surface area contributed by atoms with Gasteiger partial charge in [0.25, 0.3) is 0 Å². The van der Waals surface area contributed by atoms with Crippen molar-refractivity contribution in [2.75, 3.05) is 0 Å². The van der Waals surface area contributed by atoms with Crippen LogP contribution in [-0.4, -0.2) is 12.1 Å². The van der Waals surface area contributed by atoms with E-state index in [0.717, 1.165) is 18.2 Å². The quantitative estimate of drug-likeness (QED) is 0.517. The first-order valence-electron chi connectivity index (χ1n) is 6.64. The van der Waals surface area contributed by atoms with Crippen molar-refractivity contribution >= 4 is 12.9 Å². The van der Waals surface area contributed by atoms with Crippen LogP contribution in [-0.2, 0) is 0 Å². The molecule has 2 aromatic carbocycles. The molecule has 0 heterocycles. The Morgan fingerprint density at radius 3 is 2.38 bits per heavy atom. The van der Waals surface area contributed by atoms with Crippen molar-refractivity contribution in [3.8, 4) is 5.75 Å². The summed E-state index contributed by atoms with van der Waals surface area (Å²) in [5.74, 6) is -11.3. The molecule has 1 atom stereocenters. The van der Waals surface area contributed by atoms with E-state index >= 15 is 0 Å². The standard InChI is InChI=1S/C15H7BF6O2/c17-6-4-9(19)13(20)10(5-6)24-16(23)12-7-2-1-3-8(18)11(7)14(21)15(12)22/h1-5,12,23H. The van der Waals surface area contributed by atoms with Crippen LogP contribution in [0.25, 0.3) is 5.83 Å². The number of benzene rings is 2. The molecular weight excluding hydrogens is 337 g/mol. The Labute approximate surface area is 132 Å². The second-order valence-corrected chi connectivity index (χ2v) is 5.05. The summed E-state index contributed by atoms with van der Waals surface area (Å²) in [7, 11) is -2.24. The first-order valence-corrected chi connectivity index (χ1v) is 6.64. The molecule has 0 aliphatic heterocycles. The molecule has 0 saturated carbocycles.